The van der Waals surface area contributed by atoms with Gasteiger partial charge in [-0.25, -0.2) is 0 Å². The summed E-state index contributed by atoms with van der Waals surface area (Å²) in [4.78, 5) is 12.1. The zero-order chi connectivity index (χ0) is 14.7. The number of hydrogen-bond donors (Lipinski definition) is 3. The zero-order valence-electron chi connectivity index (χ0n) is 12.1. The van der Waals surface area contributed by atoms with E-state index in [0.717, 1.165) is 16.5 Å². The van der Waals surface area contributed by atoms with Crippen LogP contribution in [0.3, 0.4) is 0 Å². The fraction of sp³-hybridized carbons (Fsp3) is 0.467. The number of nitrogens with one attached hydrogen (secondary N) is 2. The molecule has 1 heterocycles. The van der Waals surface area contributed by atoms with Crippen LogP contribution >= 0.6 is 0 Å². The second kappa shape index (κ2) is 6.05. The molecule has 1 atom stereocenters. The number of aromatic amines is 1. The Morgan fingerprint density at radius 1 is 1.45 bits per heavy atom. The van der Waals surface area contributed by atoms with Crippen molar-refractivity contribution in [1.82, 2.24) is 15.5 Å². The van der Waals surface area contributed by atoms with Crippen LogP contribution in [0.4, 0.5) is 0 Å². The van der Waals surface area contributed by atoms with Crippen molar-refractivity contribution in [3.63, 3.8) is 0 Å². The maximum atomic E-state index is 12.1. The first-order valence-corrected chi connectivity index (χ1v) is 6.90. The molecular formula is C15H21N3O2. The highest BCUT2D eigenvalue weighted by molar-refractivity contribution is 6.04. The van der Waals surface area contributed by atoms with Crippen LogP contribution in [0.5, 0.6) is 0 Å². The predicted molar refractivity (Wildman–Crippen MR) is 78.6 cm³/mol. The van der Waals surface area contributed by atoms with Gasteiger partial charge in [-0.3, -0.25) is 9.89 Å². The van der Waals surface area contributed by atoms with Crippen LogP contribution < -0.4 is 5.32 Å². The summed E-state index contributed by atoms with van der Waals surface area (Å²) in [5, 5.41) is 20.3. The SMILES string of the molecule is Cc1ccc2[nH]nc(C(=O)NCCC(O)C(C)C)c2c1. The monoisotopic (exact) mass is 275 g/mol. The predicted octanol–water partition coefficient (Wildman–Crippen LogP) is 2.01. The van der Waals surface area contributed by atoms with Crippen LogP contribution in [0, 0.1) is 12.8 Å². The summed E-state index contributed by atoms with van der Waals surface area (Å²) in [5.41, 5.74) is 2.34. The van der Waals surface area contributed by atoms with Gasteiger partial charge in [-0.1, -0.05) is 25.5 Å². The normalized spacial score (nSPS) is 12.8. The van der Waals surface area contributed by atoms with E-state index in [-0.39, 0.29) is 11.8 Å². The van der Waals surface area contributed by atoms with Crippen molar-refractivity contribution in [3.05, 3.63) is 29.5 Å². The minimum atomic E-state index is -0.395. The third-order valence-electron chi connectivity index (χ3n) is 3.43. The van der Waals surface area contributed by atoms with E-state index in [1.54, 1.807) is 0 Å². The average Bonchev–Trinajstić information content (AvgIpc) is 2.81. The lowest BCUT2D eigenvalue weighted by molar-refractivity contribution is 0.0917. The van der Waals surface area contributed by atoms with Gasteiger partial charge in [0.15, 0.2) is 5.69 Å². The molecule has 0 aliphatic rings. The van der Waals surface area contributed by atoms with Gasteiger partial charge in [-0.2, -0.15) is 5.10 Å². The van der Waals surface area contributed by atoms with Crippen molar-refractivity contribution in [2.45, 2.75) is 33.3 Å². The molecule has 0 fully saturated rings. The Bertz CT molecular complexity index is 604. The topological polar surface area (TPSA) is 78.0 Å². The zero-order valence-corrected chi connectivity index (χ0v) is 12.1. The number of aromatic nitrogens is 2. The maximum Gasteiger partial charge on any atom is 0.272 e. The Labute approximate surface area is 118 Å². The van der Waals surface area contributed by atoms with Crippen molar-refractivity contribution >= 4 is 16.8 Å². The molecule has 5 heteroatoms. The van der Waals surface area contributed by atoms with Gasteiger partial charge in [-0.15, -0.1) is 0 Å². The highest BCUT2D eigenvalue weighted by Gasteiger charge is 2.15. The Balaban J connectivity index is 2.03. The number of rotatable bonds is 5. The van der Waals surface area contributed by atoms with Gasteiger partial charge in [0.1, 0.15) is 0 Å². The van der Waals surface area contributed by atoms with Crippen LogP contribution in [0.25, 0.3) is 10.9 Å². The molecule has 1 aromatic carbocycles. The number of nitrogens with zero attached hydrogens (tertiary/aromatic N) is 1. The lowest BCUT2D eigenvalue weighted by Crippen LogP contribution is -2.29. The number of aliphatic hydroxyl groups is 1. The molecule has 5 nitrogen and oxygen atoms in total. The number of benzene rings is 1. The molecule has 0 saturated heterocycles. The van der Waals surface area contributed by atoms with Gasteiger partial charge in [-0.05, 0) is 31.4 Å². The molecular weight excluding hydrogens is 254 g/mol. The lowest BCUT2D eigenvalue weighted by Gasteiger charge is -2.14. The molecule has 108 valence electrons. The quantitative estimate of drug-likeness (QED) is 0.781. The third-order valence-corrected chi connectivity index (χ3v) is 3.43. The van der Waals surface area contributed by atoms with Crippen LogP contribution in [-0.4, -0.2) is 33.9 Å². The standard InChI is InChI=1S/C15H21N3O2/c1-9(2)13(19)6-7-16-15(20)14-11-8-10(3)4-5-12(11)17-18-14/h4-5,8-9,13,19H,6-7H2,1-3H3,(H,16,20)(H,17,18). The Kier molecular flexibility index (Phi) is 4.39. The first-order chi connectivity index (χ1) is 9.49. The van der Waals surface area contributed by atoms with Crippen molar-refractivity contribution in [2.24, 2.45) is 5.92 Å². The largest absolute Gasteiger partial charge is 0.393 e. The smallest absolute Gasteiger partial charge is 0.272 e. The number of carbonyl (C=O) groups excluding carboxylic acids is 1. The van der Waals surface area contributed by atoms with E-state index in [4.69, 9.17) is 0 Å². The summed E-state index contributed by atoms with van der Waals surface area (Å²) >= 11 is 0. The van der Waals surface area contributed by atoms with Gasteiger partial charge in [0.2, 0.25) is 0 Å². The molecule has 0 saturated carbocycles. The van der Waals surface area contributed by atoms with Crippen LogP contribution in [0.15, 0.2) is 18.2 Å². The van der Waals surface area contributed by atoms with Gasteiger partial charge in [0.05, 0.1) is 11.6 Å². The highest BCUT2D eigenvalue weighted by Crippen LogP contribution is 2.17. The molecule has 0 radical (unpaired) electrons. The molecule has 3 N–H and O–H groups in total. The summed E-state index contributed by atoms with van der Waals surface area (Å²) < 4.78 is 0. The lowest BCUT2D eigenvalue weighted by atomic mass is 10.0. The van der Waals surface area contributed by atoms with Crippen molar-refractivity contribution in [3.8, 4) is 0 Å². The van der Waals surface area contributed by atoms with E-state index in [2.05, 4.69) is 15.5 Å². The number of aryl methyl sites for hydroxylation is 1. The third kappa shape index (κ3) is 3.17. The van der Waals surface area contributed by atoms with E-state index in [0.29, 0.717) is 18.7 Å². The molecule has 1 amide bonds. The average molecular weight is 275 g/mol. The number of carbonyl (C=O) groups is 1. The van der Waals surface area contributed by atoms with Gasteiger partial charge < -0.3 is 10.4 Å². The van der Waals surface area contributed by atoms with Crippen LogP contribution in [-0.2, 0) is 0 Å². The summed E-state index contributed by atoms with van der Waals surface area (Å²) in [6.07, 6.45) is 0.151. The summed E-state index contributed by atoms with van der Waals surface area (Å²) in [6, 6.07) is 5.83. The summed E-state index contributed by atoms with van der Waals surface area (Å²) in [5.74, 6) is -0.0152. The fourth-order valence-corrected chi connectivity index (χ4v) is 2.05. The van der Waals surface area contributed by atoms with E-state index in [9.17, 15) is 9.90 Å². The summed E-state index contributed by atoms with van der Waals surface area (Å²) in [6.45, 7) is 6.33. The minimum Gasteiger partial charge on any atom is -0.393 e. The number of H-pyrrole nitrogens is 1. The molecule has 1 unspecified atom stereocenters. The molecule has 2 aromatic rings. The van der Waals surface area contributed by atoms with Gasteiger partial charge in [0.25, 0.3) is 5.91 Å². The van der Waals surface area contributed by atoms with Crippen molar-refractivity contribution < 1.29 is 9.90 Å². The van der Waals surface area contributed by atoms with Crippen molar-refractivity contribution in [1.29, 1.82) is 0 Å². The molecule has 0 aliphatic heterocycles. The van der Waals surface area contributed by atoms with E-state index in [1.165, 1.54) is 0 Å². The number of fused-ring (bicyclic) bond motifs is 1. The maximum absolute atomic E-state index is 12.1. The number of amides is 1. The van der Waals surface area contributed by atoms with E-state index >= 15 is 0 Å². The van der Waals surface area contributed by atoms with E-state index in [1.807, 2.05) is 39.0 Å². The van der Waals surface area contributed by atoms with Crippen LogP contribution in [0.1, 0.15) is 36.3 Å². The Hall–Kier alpha value is -1.88. The highest BCUT2D eigenvalue weighted by atomic mass is 16.3. The Morgan fingerprint density at radius 2 is 2.20 bits per heavy atom. The number of hydrogen-bond acceptors (Lipinski definition) is 3. The molecule has 1 aromatic heterocycles. The second-order valence-corrected chi connectivity index (χ2v) is 5.48. The van der Waals surface area contributed by atoms with Crippen molar-refractivity contribution in [2.75, 3.05) is 6.54 Å². The first kappa shape index (κ1) is 14.5. The van der Waals surface area contributed by atoms with Crippen LogP contribution in [0.2, 0.25) is 0 Å². The molecule has 20 heavy (non-hydrogen) atoms. The van der Waals surface area contributed by atoms with Gasteiger partial charge in [0, 0.05) is 11.9 Å². The molecule has 0 aliphatic carbocycles. The molecule has 2 rings (SSSR count). The molecule has 0 bridgehead atoms. The first-order valence-electron chi connectivity index (χ1n) is 6.90. The Morgan fingerprint density at radius 3 is 2.90 bits per heavy atom. The fourth-order valence-electron chi connectivity index (χ4n) is 2.05. The second-order valence-electron chi connectivity index (χ2n) is 5.48. The van der Waals surface area contributed by atoms with Gasteiger partial charge >= 0.3 is 0 Å². The minimum absolute atomic E-state index is 0.195. The summed E-state index contributed by atoms with van der Waals surface area (Å²) in [7, 11) is 0. The van der Waals surface area contributed by atoms with E-state index < -0.39 is 6.10 Å². The number of aliphatic hydroxyl groups excluding tert-OH is 1. The molecule has 0 spiro atoms.